The minimum absolute atomic E-state index is 0.0236. The summed E-state index contributed by atoms with van der Waals surface area (Å²) in [5, 5.41) is 6.40. The van der Waals surface area contributed by atoms with E-state index >= 15 is 0 Å². The predicted molar refractivity (Wildman–Crippen MR) is 78.1 cm³/mol. The number of piperidine rings is 1. The number of amides is 1. The first-order valence-electron chi connectivity index (χ1n) is 6.85. The van der Waals surface area contributed by atoms with E-state index in [0.29, 0.717) is 11.3 Å². The van der Waals surface area contributed by atoms with Crippen LogP contribution in [0.5, 0.6) is 0 Å². The molecule has 0 aliphatic carbocycles. The number of carbonyl (C=O) groups is 1. The van der Waals surface area contributed by atoms with Crippen molar-refractivity contribution in [3.05, 3.63) is 29.3 Å². The van der Waals surface area contributed by atoms with Gasteiger partial charge in [-0.2, -0.15) is 0 Å². The fourth-order valence-corrected chi connectivity index (χ4v) is 2.48. The highest BCUT2D eigenvalue weighted by Crippen LogP contribution is 2.26. The Hall–Kier alpha value is -1.55. The van der Waals surface area contributed by atoms with Gasteiger partial charge in [0.05, 0.1) is 0 Å². The molecule has 1 fully saturated rings. The molecular weight excluding hydrogens is 238 g/mol. The smallest absolute Gasteiger partial charge is 0.251 e. The largest absolute Gasteiger partial charge is 0.399 e. The Balaban J connectivity index is 1.99. The van der Waals surface area contributed by atoms with Gasteiger partial charge in [-0.25, -0.2) is 0 Å². The van der Waals surface area contributed by atoms with Crippen LogP contribution in [0.25, 0.3) is 0 Å². The molecule has 0 atom stereocenters. The van der Waals surface area contributed by atoms with E-state index in [4.69, 9.17) is 5.73 Å². The number of carbonyl (C=O) groups excluding carboxylic acids is 1. The number of hydrogen-bond donors (Lipinski definition) is 3. The lowest BCUT2D eigenvalue weighted by molar-refractivity contribution is 0.0921. The molecule has 0 unspecified atom stereocenters. The number of anilines is 1. The van der Waals surface area contributed by atoms with Gasteiger partial charge in [0.1, 0.15) is 0 Å². The van der Waals surface area contributed by atoms with Gasteiger partial charge in [-0.05, 0) is 56.0 Å². The van der Waals surface area contributed by atoms with Crippen LogP contribution in [0.4, 0.5) is 5.69 Å². The number of aryl methyl sites for hydroxylation is 1. The standard InChI is InChI=1S/C15H23N3O/c1-11-3-4-12(16)9-13(11)14(19)18-10-15(2)5-7-17-8-6-15/h3-4,9,17H,5-8,10,16H2,1-2H3,(H,18,19). The van der Waals surface area contributed by atoms with Crippen molar-refractivity contribution in [1.82, 2.24) is 10.6 Å². The molecule has 0 aromatic heterocycles. The monoisotopic (exact) mass is 261 g/mol. The Kier molecular flexibility index (Phi) is 4.10. The van der Waals surface area contributed by atoms with Crippen LogP contribution in [0.15, 0.2) is 18.2 Å². The molecule has 19 heavy (non-hydrogen) atoms. The second-order valence-electron chi connectivity index (χ2n) is 5.82. The first-order valence-corrected chi connectivity index (χ1v) is 6.85. The molecule has 4 heteroatoms. The molecular formula is C15H23N3O. The average molecular weight is 261 g/mol. The Bertz CT molecular complexity index is 464. The predicted octanol–water partition coefficient (Wildman–Crippen LogP) is 1.70. The molecule has 0 radical (unpaired) electrons. The number of nitrogens with one attached hydrogen (secondary N) is 2. The van der Waals surface area contributed by atoms with E-state index in [9.17, 15) is 4.79 Å². The van der Waals surface area contributed by atoms with Crippen LogP contribution < -0.4 is 16.4 Å². The quantitative estimate of drug-likeness (QED) is 0.725. The molecule has 4 N–H and O–H groups in total. The Morgan fingerprint density at radius 2 is 2.11 bits per heavy atom. The van der Waals surface area contributed by atoms with Crippen LogP contribution in [0.2, 0.25) is 0 Å². The SMILES string of the molecule is Cc1ccc(N)cc1C(=O)NCC1(C)CCNCC1. The fourth-order valence-electron chi connectivity index (χ4n) is 2.48. The van der Waals surface area contributed by atoms with Crippen molar-refractivity contribution in [2.24, 2.45) is 5.41 Å². The molecule has 0 bridgehead atoms. The van der Waals surface area contributed by atoms with Crippen LogP contribution in [0.1, 0.15) is 35.7 Å². The van der Waals surface area contributed by atoms with E-state index in [2.05, 4.69) is 17.6 Å². The Morgan fingerprint density at radius 1 is 1.42 bits per heavy atom. The lowest BCUT2D eigenvalue weighted by Crippen LogP contribution is -2.43. The number of benzene rings is 1. The maximum absolute atomic E-state index is 12.2. The molecule has 0 saturated carbocycles. The summed E-state index contributed by atoms with van der Waals surface area (Å²) in [4.78, 5) is 12.2. The van der Waals surface area contributed by atoms with Gasteiger partial charge in [-0.15, -0.1) is 0 Å². The van der Waals surface area contributed by atoms with Crippen molar-refractivity contribution >= 4 is 11.6 Å². The second-order valence-corrected chi connectivity index (χ2v) is 5.82. The Morgan fingerprint density at radius 3 is 2.79 bits per heavy atom. The third-order valence-corrected chi connectivity index (χ3v) is 3.99. The number of nitrogen functional groups attached to an aromatic ring is 1. The van der Waals surface area contributed by atoms with Gasteiger partial charge >= 0.3 is 0 Å². The number of rotatable bonds is 3. The first-order chi connectivity index (χ1) is 9.00. The van der Waals surface area contributed by atoms with Gasteiger partial charge < -0.3 is 16.4 Å². The zero-order valence-electron chi connectivity index (χ0n) is 11.8. The molecule has 1 aromatic rings. The van der Waals surface area contributed by atoms with Crippen molar-refractivity contribution in [1.29, 1.82) is 0 Å². The van der Waals surface area contributed by atoms with Crippen molar-refractivity contribution in [2.75, 3.05) is 25.4 Å². The molecule has 2 rings (SSSR count). The van der Waals surface area contributed by atoms with Crippen molar-refractivity contribution in [3.8, 4) is 0 Å². The van der Waals surface area contributed by atoms with Gasteiger partial charge in [0.15, 0.2) is 0 Å². The summed E-state index contributed by atoms with van der Waals surface area (Å²) in [6.07, 6.45) is 2.20. The zero-order chi connectivity index (χ0) is 13.9. The van der Waals surface area contributed by atoms with Gasteiger partial charge in [0.2, 0.25) is 0 Å². The Labute approximate surface area is 114 Å². The minimum atomic E-state index is -0.0236. The molecule has 1 aliphatic rings. The molecule has 1 amide bonds. The summed E-state index contributed by atoms with van der Waals surface area (Å²) in [7, 11) is 0. The topological polar surface area (TPSA) is 67.2 Å². The summed E-state index contributed by atoms with van der Waals surface area (Å²) in [6, 6.07) is 5.45. The van der Waals surface area contributed by atoms with E-state index in [1.807, 2.05) is 19.1 Å². The highest BCUT2D eigenvalue weighted by atomic mass is 16.1. The van der Waals surface area contributed by atoms with Crippen LogP contribution in [-0.2, 0) is 0 Å². The van der Waals surface area contributed by atoms with E-state index in [-0.39, 0.29) is 11.3 Å². The first kappa shape index (κ1) is 13.9. The number of hydrogen-bond acceptors (Lipinski definition) is 3. The highest BCUT2D eigenvalue weighted by Gasteiger charge is 2.27. The van der Waals surface area contributed by atoms with Crippen molar-refractivity contribution in [3.63, 3.8) is 0 Å². The molecule has 1 saturated heterocycles. The van der Waals surface area contributed by atoms with E-state index in [1.165, 1.54) is 0 Å². The number of nitrogens with two attached hydrogens (primary N) is 1. The summed E-state index contributed by atoms with van der Waals surface area (Å²) in [5.41, 5.74) is 8.21. The maximum Gasteiger partial charge on any atom is 0.251 e. The van der Waals surface area contributed by atoms with Gasteiger partial charge in [-0.3, -0.25) is 4.79 Å². The van der Waals surface area contributed by atoms with Gasteiger partial charge in [0.25, 0.3) is 5.91 Å². The average Bonchev–Trinajstić information content (AvgIpc) is 2.40. The molecule has 4 nitrogen and oxygen atoms in total. The normalized spacial score (nSPS) is 18.0. The lowest BCUT2D eigenvalue weighted by atomic mass is 9.81. The summed E-state index contributed by atoms with van der Waals surface area (Å²) in [5.74, 6) is -0.0236. The molecule has 0 spiro atoms. The fraction of sp³-hybridized carbons (Fsp3) is 0.533. The third kappa shape index (κ3) is 3.47. The minimum Gasteiger partial charge on any atom is -0.399 e. The molecule has 1 aliphatic heterocycles. The zero-order valence-corrected chi connectivity index (χ0v) is 11.8. The van der Waals surface area contributed by atoms with Crippen molar-refractivity contribution < 1.29 is 4.79 Å². The summed E-state index contributed by atoms with van der Waals surface area (Å²) < 4.78 is 0. The third-order valence-electron chi connectivity index (χ3n) is 3.99. The van der Waals surface area contributed by atoms with E-state index in [1.54, 1.807) is 6.07 Å². The van der Waals surface area contributed by atoms with Crippen LogP contribution >= 0.6 is 0 Å². The van der Waals surface area contributed by atoms with Crippen LogP contribution in [0, 0.1) is 12.3 Å². The van der Waals surface area contributed by atoms with Crippen molar-refractivity contribution in [2.45, 2.75) is 26.7 Å². The molecule has 1 aromatic carbocycles. The lowest BCUT2D eigenvalue weighted by Gasteiger charge is -2.34. The van der Waals surface area contributed by atoms with Crippen LogP contribution in [0.3, 0.4) is 0 Å². The van der Waals surface area contributed by atoms with Gasteiger partial charge in [-0.1, -0.05) is 13.0 Å². The highest BCUT2D eigenvalue weighted by molar-refractivity contribution is 5.96. The van der Waals surface area contributed by atoms with E-state index < -0.39 is 0 Å². The second kappa shape index (κ2) is 5.61. The molecule has 1 heterocycles. The van der Waals surface area contributed by atoms with Gasteiger partial charge in [0, 0.05) is 17.8 Å². The van der Waals surface area contributed by atoms with E-state index in [0.717, 1.165) is 38.0 Å². The maximum atomic E-state index is 12.2. The summed E-state index contributed by atoms with van der Waals surface area (Å²) in [6.45, 7) is 6.95. The molecule has 104 valence electrons. The summed E-state index contributed by atoms with van der Waals surface area (Å²) >= 11 is 0. The van der Waals surface area contributed by atoms with Crippen LogP contribution in [-0.4, -0.2) is 25.5 Å².